The number of urea groups is 1. The number of hydrogen-bond acceptors (Lipinski definition) is 8. The summed E-state index contributed by atoms with van der Waals surface area (Å²) in [5.41, 5.74) is 8.92. The minimum atomic E-state index is -0.0608. The van der Waals surface area contributed by atoms with Gasteiger partial charge in [-0.3, -0.25) is 4.79 Å². The second kappa shape index (κ2) is 16.9. The highest BCUT2D eigenvalue weighted by molar-refractivity contribution is 8.00. The van der Waals surface area contributed by atoms with E-state index in [0.717, 1.165) is 25.0 Å². The van der Waals surface area contributed by atoms with Crippen molar-refractivity contribution in [1.29, 1.82) is 0 Å². The Kier molecular flexibility index (Phi) is 13.2. The molecule has 1 aromatic rings. The number of fused-ring (bicyclic) bond motifs is 1. The van der Waals surface area contributed by atoms with E-state index in [1.165, 1.54) is 0 Å². The molecule has 1 aromatic carbocycles. The first kappa shape index (κ1) is 28.9. The Morgan fingerprint density at radius 1 is 1.03 bits per heavy atom. The quantitative estimate of drug-likeness (QED) is 0.0807. The number of carbonyl (C=O) groups excluding carboxylic acids is 2. The lowest BCUT2D eigenvalue weighted by molar-refractivity contribution is -0.121. The zero-order valence-electron chi connectivity index (χ0n) is 20.9. The number of rotatable bonds is 19. The maximum Gasteiger partial charge on any atom is 0.315 e. The lowest BCUT2D eigenvalue weighted by atomic mass is 10.0. The summed E-state index contributed by atoms with van der Waals surface area (Å²) in [7, 11) is 0. The number of nitrogens with zero attached hydrogens (tertiary/aromatic N) is 3. The fourth-order valence-corrected chi connectivity index (χ4v) is 5.59. The Morgan fingerprint density at radius 2 is 1.73 bits per heavy atom. The molecule has 0 aliphatic carbocycles. The van der Waals surface area contributed by atoms with Crippen LogP contribution in [-0.4, -0.2) is 87.8 Å². The van der Waals surface area contributed by atoms with E-state index in [4.69, 9.17) is 24.5 Å². The first-order chi connectivity index (χ1) is 18.2. The van der Waals surface area contributed by atoms with Gasteiger partial charge < -0.3 is 34.9 Å². The van der Waals surface area contributed by atoms with Crippen molar-refractivity contribution < 1.29 is 28.5 Å². The van der Waals surface area contributed by atoms with Gasteiger partial charge in [-0.15, -0.1) is 0 Å². The van der Waals surface area contributed by atoms with Crippen LogP contribution in [0.3, 0.4) is 0 Å². The first-order valence-electron chi connectivity index (χ1n) is 12.6. The van der Waals surface area contributed by atoms with Crippen molar-refractivity contribution in [2.75, 3.05) is 58.5 Å². The van der Waals surface area contributed by atoms with Crippen LogP contribution in [0, 0.1) is 0 Å². The summed E-state index contributed by atoms with van der Waals surface area (Å²) in [6, 6.07) is 7.26. The zero-order chi connectivity index (χ0) is 26.1. The molecule has 0 aromatic heterocycles. The molecule has 3 N–H and O–H groups in total. The molecule has 0 saturated carbocycles. The average molecular weight is 537 g/mol. The SMILES string of the molecule is [N-]=[N+]=Nc1ccc(OCCOCCOCCOCCNC(=O)CCCC[C@@H]2SC[C@@H]3NC(=O)N[C@@H]32)cc1. The minimum Gasteiger partial charge on any atom is -0.491 e. The van der Waals surface area contributed by atoms with Gasteiger partial charge in [0.2, 0.25) is 5.91 Å². The van der Waals surface area contributed by atoms with Crippen molar-refractivity contribution in [3.63, 3.8) is 0 Å². The second-order valence-electron chi connectivity index (χ2n) is 8.59. The topological polar surface area (TPSA) is 156 Å². The third-order valence-electron chi connectivity index (χ3n) is 5.89. The maximum absolute atomic E-state index is 12.0. The smallest absolute Gasteiger partial charge is 0.315 e. The van der Waals surface area contributed by atoms with Crippen molar-refractivity contribution in [2.45, 2.75) is 43.0 Å². The van der Waals surface area contributed by atoms with Gasteiger partial charge in [0, 0.05) is 34.6 Å². The fraction of sp³-hybridized carbons (Fsp3) is 0.667. The number of amides is 3. The van der Waals surface area contributed by atoms with Crippen LogP contribution in [0.4, 0.5) is 10.5 Å². The van der Waals surface area contributed by atoms with Crippen LogP contribution in [0.5, 0.6) is 5.75 Å². The van der Waals surface area contributed by atoms with Gasteiger partial charge in [0.05, 0.1) is 51.7 Å². The summed E-state index contributed by atoms with van der Waals surface area (Å²) < 4.78 is 21.9. The lowest BCUT2D eigenvalue weighted by Crippen LogP contribution is -2.36. The number of unbranched alkanes of at least 4 members (excludes halogenated alkanes) is 1. The van der Waals surface area contributed by atoms with Gasteiger partial charge in [-0.2, -0.15) is 11.8 Å². The summed E-state index contributed by atoms with van der Waals surface area (Å²) >= 11 is 1.90. The number of benzene rings is 1. The van der Waals surface area contributed by atoms with Gasteiger partial charge in [-0.1, -0.05) is 11.5 Å². The Balaban J connectivity index is 1.04. The van der Waals surface area contributed by atoms with Crippen LogP contribution >= 0.6 is 11.8 Å². The molecular weight excluding hydrogens is 500 g/mol. The van der Waals surface area contributed by atoms with E-state index in [1.54, 1.807) is 24.3 Å². The lowest BCUT2D eigenvalue weighted by Gasteiger charge is -2.16. The third-order valence-corrected chi connectivity index (χ3v) is 7.40. The predicted molar refractivity (Wildman–Crippen MR) is 140 cm³/mol. The summed E-state index contributed by atoms with van der Waals surface area (Å²) in [5, 5.41) is 12.8. The molecule has 3 amide bonds. The molecule has 2 aliphatic heterocycles. The van der Waals surface area contributed by atoms with Gasteiger partial charge in [-0.25, -0.2) is 4.79 Å². The van der Waals surface area contributed by atoms with E-state index in [0.29, 0.717) is 75.9 Å². The number of ether oxygens (including phenoxy) is 4. The van der Waals surface area contributed by atoms with E-state index in [2.05, 4.69) is 26.0 Å². The first-order valence-corrected chi connectivity index (χ1v) is 13.7. The molecule has 0 spiro atoms. The number of azide groups is 1. The standard InChI is InChI=1S/C24H36N6O6S/c25-30-29-18-5-7-19(8-6-18)36-16-15-35-14-13-34-12-11-33-10-9-26-22(31)4-2-1-3-21-23-20(17-37-21)27-24(32)28-23/h5-8,20-21,23H,1-4,9-17H2,(H,26,31)(H2,27,28,32)/t20-,21-,23-/m0/s1. The average Bonchev–Trinajstić information content (AvgIpc) is 3.45. The van der Waals surface area contributed by atoms with E-state index in [1.807, 2.05) is 11.8 Å². The van der Waals surface area contributed by atoms with Gasteiger partial charge in [0.15, 0.2) is 0 Å². The monoisotopic (exact) mass is 536 g/mol. The highest BCUT2D eigenvalue weighted by Crippen LogP contribution is 2.33. The summed E-state index contributed by atoms with van der Waals surface area (Å²) in [6.45, 7) is 3.62. The Morgan fingerprint density at radius 3 is 2.46 bits per heavy atom. The molecule has 3 rings (SSSR count). The second-order valence-corrected chi connectivity index (χ2v) is 9.86. The number of hydrogen-bond donors (Lipinski definition) is 3. The molecule has 37 heavy (non-hydrogen) atoms. The number of thioether (sulfide) groups is 1. The Labute approximate surface area is 221 Å². The Bertz CT molecular complexity index is 885. The van der Waals surface area contributed by atoms with Crippen LogP contribution in [0.15, 0.2) is 29.4 Å². The van der Waals surface area contributed by atoms with E-state index in [9.17, 15) is 9.59 Å². The maximum atomic E-state index is 12.0. The van der Waals surface area contributed by atoms with Crippen molar-refractivity contribution in [3.05, 3.63) is 34.7 Å². The molecule has 2 saturated heterocycles. The molecular formula is C24H36N6O6S. The van der Waals surface area contributed by atoms with Crippen molar-refractivity contribution in [3.8, 4) is 5.75 Å². The molecule has 2 heterocycles. The third kappa shape index (κ3) is 11.1. The van der Waals surface area contributed by atoms with Gasteiger partial charge >= 0.3 is 6.03 Å². The molecule has 0 bridgehead atoms. The molecule has 204 valence electrons. The van der Waals surface area contributed by atoms with Crippen molar-refractivity contribution in [2.24, 2.45) is 5.11 Å². The van der Waals surface area contributed by atoms with Crippen molar-refractivity contribution >= 4 is 29.4 Å². The van der Waals surface area contributed by atoms with Crippen molar-refractivity contribution in [1.82, 2.24) is 16.0 Å². The minimum absolute atomic E-state index is 0.0407. The van der Waals surface area contributed by atoms with Crippen LogP contribution < -0.4 is 20.7 Å². The van der Waals surface area contributed by atoms with E-state index >= 15 is 0 Å². The van der Waals surface area contributed by atoms with Crippen LogP contribution in [0.25, 0.3) is 10.4 Å². The van der Waals surface area contributed by atoms with Gasteiger partial charge in [-0.05, 0) is 42.6 Å². The molecule has 12 nitrogen and oxygen atoms in total. The van der Waals surface area contributed by atoms with Gasteiger partial charge in [0.25, 0.3) is 0 Å². The van der Waals surface area contributed by atoms with Crippen LogP contribution in [0.2, 0.25) is 0 Å². The normalized spacial score (nSPS) is 20.0. The molecule has 0 radical (unpaired) electrons. The van der Waals surface area contributed by atoms with Crippen LogP contribution in [-0.2, 0) is 19.0 Å². The summed E-state index contributed by atoms with van der Waals surface area (Å²) in [5.74, 6) is 1.68. The van der Waals surface area contributed by atoms with E-state index in [-0.39, 0.29) is 24.0 Å². The summed E-state index contributed by atoms with van der Waals surface area (Å²) in [6.07, 6.45) is 3.34. The van der Waals surface area contributed by atoms with Crippen LogP contribution in [0.1, 0.15) is 25.7 Å². The summed E-state index contributed by atoms with van der Waals surface area (Å²) in [4.78, 5) is 26.1. The molecule has 2 fully saturated rings. The number of carbonyl (C=O) groups is 2. The molecule has 3 atom stereocenters. The van der Waals surface area contributed by atoms with Gasteiger partial charge in [0.1, 0.15) is 12.4 Å². The zero-order valence-corrected chi connectivity index (χ0v) is 21.7. The molecule has 0 unspecified atom stereocenters. The largest absolute Gasteiger partial charge is 0.491 e. The fourth-order valence-electron chi connectivity index (χ4n) is 4.05. The molecule has 2 aliphatic rings. The highest BCUT2D eigenvalue weighted by atomic mass is 32.2. The molecule has 13 heteroatoms. The van der Waals surface area contributed by atoms with E-state index < -0.39 is 0 Å². The number of nitrogens with one attached hydrogen (secondary N) is 3. The highest BCUT2D eigenvalue weighted by Gasteiger charge is 2.42. The predicted octanol–water partition coefficient (Wildman–Crippen LogP) is 2.90. The Hall–Kier alpha value is -2.70.